The highest BCUT2D eigenvalue weighted by molar-refractivity contribution is 5.95. The van der Waals surface area contributed by atoms with Crippen molar-refractivity contribution in [2.24, 2.45) is 23.2 Å². The van der Waals surface area contributed by atoms with Gasteiger partial charge >= 0.3 is 0 Å². The van der Waals surface area contributed by atoms with E-state index in [2.05, 4.69) is 6.07 Å². The Morgan fingerprint density at radius 2 is 1.97 bits per heavy atom. The first-order valence-corrected chi connectivity index (χ1v) is 11.7. The molecule has 4 bridgehead atoms. The highest BCUT2D eigenvalue weighted by Gasteiger charge is 2.58. The van der Waals surface area contributed by atoms with Crippen LogP contribution in [-0.2, 0) is 0 Å². The van der Waals surface area contributed by atoms with Crippen molar-refractivity contribution in [3.8, 4) is 11.8 Å². The summed E-state index contributed by atoms with van der Waals surface area (Å²) >= 11 is 0. The van der Waals surface area contributed by atoms with Crippen molar-refractivity contribution < 1.29 is 13.9 Å². The Labute approximate surface area is 177 Å². The van der Waals surface area contributed by atoms with Crippen LogP contribution >= 0.6 is 0 Å². The molecule has 0 N–H and O–H groups in total. The summed E-state index contributed by atoms with van der Waals surface area (Å²) in [5.41, 5.74) is 1.39. The van der Waals surface area contributed by atoms with E-state index in [1.165, 1.54) is 43.1 Å². The highest BCUT2D eigenvalue weighted by Crippen LogP contribution is 2.65. The van der Waals surface area contributed by atoms with E-state index < -0.39 is 11.9 Å². The minimum atomic E-state index is -0.516. The van der Waals surface area contributed by atoms with Crippen LogP contribution in [-0.4, -0.2) is 30.0 Å². The number of rotatable bonds is 5. The van der Waals surface area contributed by atoms with Gasteiger partial charge in [-0.15, -0.1) is 0 Å². The molecule has 7 rings (SSSR count). The van der Waals surface area contributed by atoms with E-state index in [0.29, 0.717) is 36.7 Å². The quantitative estimate of drug-likeness (QED) is 0.686. The van der Waals surface area contributed by atoms with Crippen LogP contribution in [0.25, 0.3) is 0 Å². The van der Waals surface area contributed by atoms with Crippen LogP contribution in [0, 0.1) is 40.3 Å². The average Bonchev–Trinajstić information content (AvgIpc) is 3.34. The summed E-state index contributed by atoms with van der Waals surface area (Å²) in [6, 6.07) is 4.92. The molecule has 3 atom stereocenters. The van der Waals surface area contributed by atoms with Crippen molar-refractivity contribution in [1.29, 1.82) is 5.26 Å². The molecule has 1 aromatic rings. The summed E-state index contributed by atoms with van der Waals surface area (Å²) in [6.45, 7) is 1.22. The van der Waals surface area contributed by atoms with E-state index in [4.69, 9.17) is 4.74 Å². The van der Waals surface area contributed by atoms with Crippen molar-refractivity contribution in [2.75, 3.05) is 13.2 Å². The fourth-order valence-electron chi connectivity index (χ4n) is 7.29. The Balaban J connectivity index is 1.26. The van der Waals surface area contributed by atoms with E-state index in [1.54, 1.807) is 6.07 Å². The van der Waals surface area contributed by atoms with Gasteiger partial charge in [-0.1, -0.05) is 0 Å². The van der Waals surface area contributed by atoms with Gasteiger partial charge in [0.15, 0.2) is 0 Å². The summed E-state index contributed by atoms with van der Waals surface area (Å²) in [5.74, 6) is 2.68. The van der Waals surface area contributed by atoms with Crippen LogP contribution in [0.1, 0.15) is 79.6 Å². The lowest BCUT2D eigenvalue weighted by Gasteiger charge is -2.33. The van der Waals surface area contributed by atoms with Gasteiger partial charge in [0.05, 0.1) is 18.2 Å². The maximum atomic E-state index is 15.1. The molecule has 0 aromatic heterocycles. The third-order valence-electron chi connectivity index (χ3n) is 8.68. The number of benzene rings is 1. The van der Waals surface area contributed by atoms with Crippen molar-refractivity contribution in [3.05, 3.63) is 29.1 Å². The Morgan fingerprint density at radius 3 is 2.67 bits per heavy atom. The second kappa shape index (κ2) is 6.70. The second-order valence-corrected chi connectivity index (χ2v) is 10.6. The average molecular weight is 409 g/mol. The summed E-state index contributed by atoms with van der Waals surface area (Å²) in [4.78, 5) is 14.5. The van der Waals surface area contributed by atoms with Crippen LogP contribution in [0.4, 0.5) is 4.39 Å². The molecular formula is C25H29FN2O2. The number of halogens is 1. The molecule has 5 saturated carbocycles. The number of hydrogen-bond acceptors (Lipinski definition) is 3. The number of carbonyl (C=O) groups excluding carboxylic acids is 1. The molecule has 0 radical (unpaired) electrons. The molecule has 0 spiro atoms. The fraction of sp³-hybridized carbons (Fsp3) is 0.680. The van der Waals surface area contributed by atoms with Gasteiger partial charge in [0.25, 0.3) is 5.91 Å². The van der Waals surface area contributed by atoms with Crippen LogP contribution in [0.2, 0.25) is 0 Å². The Morgan fingerprint density at radius 1 is 1.20 bits per heavy atom. The zero-order chi connectivity index (χ0) is 20.5. The molecule has 6 fully saturated rings. The Bertz CT molecular complexity index is 920. The molecule has 1 heterocycles. The van der Waals surface area contributed by atoms with Crippen molar-refractivity contribution >= 4 is 5.91 Å². The Hall–Kier alpha value is -2.09. The molecule has 1 saturated heterocycles. The number of likely N-dealkylation sites (tertiary alicyclic amines) is 1. The summed E-state index contributed by atoms with van der Waals surface area (Å²) in [6.07, 6.45) is 10.3. The van der Waals surface area contributed by atoms with E-state index in [9.17, 15) is 10.1 Å². The number of carbonyl (C=O) groups is 1. The predicted octanol–water partition coefficient (Wildman–Crippen LogP) is 5.04. The largest absolute Gasteiger partial charge is 0.493 e. The summed E-state index contributed by atoms with van der Waals surface area (Å²) in [5, 5.41) is 9.31. The van der Waals surface area contributed by atoms with Gasteiger partial charge in [0.2, 0.25) is 0 Å². The minimum Gasteiger partial charge on any atom is -0.493 e. The summed E-state index contributed by atoms with van der Waals surface area (Å²) in [7, 11) is 0. The smallest absolute Gasteiger partial charge is 0.257 e. The minimum absolute atomic E-state index is 0.102. The van der Waals surface area contributed by atoms with Gasteiger partial charge in [-0.3, -0.25) is 4.79 Å². The molecule has 6 aliphatic rings. The SMILES string of the molecule is N#C[C@@H]1CCCN1C(=O)c1cc(C2CC2)c(OCC23CC4CC(CC2C4)C3)cc1F. The standard InChI is InChI=1S/C25H29FN2O2/c26-22-10-23(30-14-25-11-15-6-16(12-25)8-18(25)7-15)20(17-3-4-17)9-21(22)24(29)28-5-1-2-19(28)13-27/h9-10,15-19H,1-8,11-12,14H2/t15?,16?,18?,19-,25?/m0/s1. The maximum Gasteiger partial charge on any atom is 0.257 e. The lowest BCUT2D eigenvalue weighted by molar-refractivity contribution is 0.0759. The molecule has 5 aliphatic carbocycles. The van der Waals surface area contributed by atoms with Crippen LogP contribution in [0.3, 0.4) is 0 Å². The molecule has 5 heteroatoms. The Kier molecular flexibility index (Phi) is 4.17. The molecule has 30 heavy (non-hydrogen) atoms. The number of nitrogens with zero attached hydrogens (tertiary/aromatic N) is 2. The number of amides is 1. The first kappa shape index (κ1) is 18.7. The van der Waals surface area contributed by atoms with Gasteiger partial charge in [-0.05, 0) is 93.1 Å². The van der Waals surface area contributed by atoms with E-state index in [-0.39, 0.29) is 11.5 Å². The number of nitriles is 1. The predicted molar refractivity (Wildman–Crippen MR) is 110 cm³/mol. The molecule has 1 aromatic carbocycles. The van der Waals surface area contributed by atoms with Gasteiger partial charge in [-0.25, -0.2) is 4.39 Å². The van der Waals surface area contributed by atoms with Crippen molar-refractivity contribution in [1.82, 2.24) is 4.90 Å². The van der Waals surface area contributed by atoms with Crippen LogP contribution in [0.5, 0.6) is 5.75 Å². The first-order chi connectivity index (χ1) is 14.6. The zero-order valence-electron chi connectivity index (χ0n) is 17.4. The van der Waals surface area contributed by atoms with Crippen LogP contribution in [0.15, 0.2) is 12.1 Å². The van der Waals surface area contributed by atoms with Crippen molar-refractivity contribution in [2.45, 2.75) is 69.7 Å². The van der Waals surface area contributed by atoms with Gasteiger partial charge in [-0.2, -0.15) is 5.26 Å². The van der Waals surface area contributed by atoms with Gasteiger partial charge < -0.3 is 9.64 Å². The first-order valence-electron chi connectivity index (χ1n) is 11.7. The molecule has 158 valence electrons. The van der Waals surface area contributed by atoms with Gasteiger partial charge in [0.1, 0.15) is 17.6 Å². The maximum absolute atomic E-state index is 15.1. The topological polar surface area (TPSA) is 53.3 Å². The fourth-order valence-corrected chi connectivity index (χ4v) is 7.29. The van der Waals surface area contributed by atoms with E-state index in [0.717, 1.165) is 42.6 Å². The van der Waals surface area contributed by atoms with Crippen molar-refractivity contribution in [3.63, 3.8) is 0 Å². The molecule has 2 unspecified atom stereocenters. The number of ether oxygens (including phenoxy) is 1. The molecular weight excluding hydrogens is 379 g/mol. The molecule has 4 nitrogen and oxygen atoms in total. The molecule has 1 amide bonds. The highest BCUT2D eigenvalue weighted by atomic mass is 19.1. The normalized spacial score (nSPS) is 36.3. The van der Waals surface area contributed by atoms with E-state index >= 15 is 4.39 Å². The van der Waals surface area contributed by atoms with E-state index in [1.807, 2.05) is 0 Å². The zero-order valence-corrected chi connectivity index (χ0v) is 17.4. The van der Waals surface area contributed by atoms with Gasteiger partial charge in [0, 0.05) is 18.0 Å². The summed E-state index contributed by atoms with van der Waals surface area (Å²) < 4.78 is 21.4. The molecule has 1 aliphatic heterocycles. The number of hydrogen-bond donors (Lipinski definition) is 0. The van der Waals surface area contributed by atoms with Crippen LogP contribution < -0.4 is 4.74 Å². The third kappa shape index (κ3) is 2.87. The monoisotopic (exact) mass is 408 g/mol. The second-order valence-electron chi connectivity index (χ2n) is 10.6. The lowest BCUT2D eigenvalue weighted by Crippen LogP contribution is -2.35. The lowest BCUT2D eigenvalue weighted by atomic mass is 9.76. The third-order valence-corrected chi connectivity index (χ3v) is 8.68.